The first kappa shape index (κ1) is 18.4. The third-order valence-corrected chi connectivity index (χ3v) is 4.80. The molecule has 1 atom stereocenters. The monoisotopic (exact) mass is 375 g/mol. The fourth-order valence-electron chi connectivity index (χ4n) is 2.98. The number of carbonyl (C=O) groups is 2. The Labute approximate surface area is 157 Å². The summed E-state index contributed by atoms with van der Waals surface area (Å²) in [6.07, 6.45) is 4.32. The lowest BCUT2D eigenvalue weighted by Crippen LogP contribution is -2.44. The molecule has 138 valence electrons. The second-order valence-corrected chi connectivity index (χ2v) is 6.79. The summed E-state index contributed by atoms with van der Waals surface area (Å²) in [5.74, 6) is 1.07. The van der Waals surface area contributed by atoms with Gasteiger partial charge in [-0.15, -0.1) is 10.2 Å². The minimum absolute atomic E-state index is 0.281. The molecule has 2 aromatic rings. The van der Waals surface area contributed by atoms with Crippen LogP contribution in [0.1, 0.15) is 48.2 Å². The zero-order valence-electron chi connectivity index (χ0n) is 14.7. The van der Waals surface area contributed by atoms with Gasteiger partial charge in [-0.1, -0.05) is 30.2 Å². The number of benzene rings is 1. The van der Waals surface area contributed by atoms with Crippen LogP contribution >= 0.6 is 11.6 Å². The third-order valence-electron chi connectivity index (χ3n) is 4.47. The van der Waals surface area contributed by atoms with Gasteiger partial charge in [0.2, 0.25) is 5.91 Å². The number of nitrogens with one attached hydrogen (secondary N) is 2. The van der Waals surface area contributed by atoms with Crippen LogP contribution in [-0.2, 0) is 24.3 Å². The van der Waals surface area contributed by atoms with Crippen molar-refractivity contribution in [3.8, 4) is 0 Å². The Kier molecular flexibility index (Phi) is 5.88. The van der Waals surface area contributed by atoms with Gasteiger partial charge in [0.05, 0.1) is 17.1 Å². The zero-order chi connectivity index (χ0) is 18.5. The molecule has 0 aliphatic carbocycles. The summed E-state index contributed by atoms with van der Waals surface area (Å²) in [6.45, 7) is 2.80. The van der Waals surface area contributed by atoms with Gasteiger partial charge < -0.3 is 15.2 Å². The van der Waals surface area contributed by atoms with E-state index < -0.39 is 6.04 Å². The highest BCUT2D eigenvalue weighted by Gasteiger charge is 2.20. The maximum Gasteiger partial charge on any atom is 0.253 e. The van der Waals surface area contributed by atoms with Crippen LogP contribution in [0.2, 0.25) is 5.02 Å². The largest absolute Gasteiger partial charge is 0.347 e. The van der Waals surface area contributed by atoms with E-state index in [1.807, 2.05) is 0 Å². The number of fused-ring (bicyclic) bond motifs is 1. The van der Waals surface area contributed by atoms with Crippen molar-refractivity contribution in [3.63, 3.8) is 0 Å². The van der Waals surface area contributed by atoms with Crippen molar-refractivity contribution in [3.05, 3.63) is 46.5 Å². The summed E-state index contributed by atoms with van der Waals surface area (Å²) in [5.41, 5.74) is 0.344. The predicted molar refractivity (Wildman–Crippen MR) is 97.8 cm³/mol. The number of hydrogen-bond acceptors (Lipinski definition) is 4. The van der Waals surface area contributed by atoms with E-state index in [1.165, 1.54) is 6.42 Å². The minimum atomic E-state index is -0.690. The standard InChI is InChI=1S/C18H22ClN5O2/c1-12(21-18(26)13-7-4-5-8-14(13)19)17(25)20-11-16-23-22-15-9-3-2-6-10-24(15)16/h4-5,7-8,12H,2-3,6,9-11H2,1H3,(H,20,25)(H,21,26). The van der Waals surface area contributed by atoms with Gasteiger partial charge in [0, 0.05) is 13.0 Å². The van der Waals surface area contributed by atoms with Crippen molar-refractivity contribution >= 4 is 23.4 Å². The minimum Gasteiger partial charge on any atom is -0.347 e. The van der Waals surface area contributed by atoms with E-state index in [9.17, 15) is 9.59 Å². The number of amides is 2. The molecular weight excluding hydrogens is 354 g/mol. The molecule has 7 nitrogen and oxygen atoms in total. The quantitative estimate of drug-likeness (QED) is 0.837. The van der Waals surface area contributed by atoms with E-state index in [-0.39, 0.29) is 18.4 Å². The lowest BCUT2D eigenvalue weighted by atomic mass is 10.2. The molecule has 0 spiro atoms. The van der Waals surface area contributed by atoms with Crippen LogP contribution in [0, 0.1) is 0 Å². The topological polar surface area (TPSA) is 88.9 Å². The number of carbonyl (C=O) groups excluding carboxylic acids is 2. The molecule has 0 saturated heterocycles. The molecule has 1 aromatic heterocycles. The molecule has 0 fully saturated rings. The molecule has 0 saturated carbocycles. The Hall–Kier alpha value is -2.41. The van der Waals surface area contributed by atoms with Crippen LogP contribution < -0.4 is 10.6 Å². The maximum absolute atomic E-state index is 12.3. The van der Waals surface area contributed by atoms with Crippen LogP contribution in [0.5, 0.6) is 0 Å². The third kappa shape index (κ3) is 4.22. The first-order valence-corrected chi connectivity index (χ1v) is 9.18. The van der Waals surface area contributed by atoms with Gasteiger partial charge in [-0.3, -0.25) is 9.59 Å². The van der Waals surface area contributed by atoms with E-state index in [0.717, 1.165) is 37.5 Å². The van der Waals surface area contributed by atoms with Gasteiger partial charge in [0.15, 0.2) is 5.82 Å². The second-order valence-electron chi connectivity index (χ2n) is 6.39. The Balaban J connectivity index is 1.56. The molecule has 2 heterocycles. The number of rotatable bonds is 5. The summed E-state index contributed by atoms with van der Waals surface area (Å²) in [5, 5.41) is 14.2. The SMILES string of the molecule is CC(NC(=O)c1ccccc1Cl)C(=O)NCc1nnc2n1CCCCC2. The van der Waals surface area contributed by atoms with Crippen molar-refractivity contribution in [2.75, 3.05) is 0 Å². The molecule has 1 aromatic carbocycles. The van der Waals surface area contributed by atoms with Crippen molar-refractivity contribution in [1.29, 1.82) is 0 Å². The van der Waals surface area contributed by atoms with Crippen molar-refractivity contribution in [2.24, 2.45) is 0 Å². The first-order valence-electron chi connectivity index (χ1n) is 8.80. The summed E-state index contributed by atoms with van der Waals surface area (Å²) >= 11 is 6.01. The fraction of sp³-hybridized carbons (Fsp3) is 0.444. The van der Waals surface area contributed by atoms with Crippen molar-refractivity contribution in [2.45, 2.75) is 51.7 Å². The van der Waals surface area contributed by atoms with E-state index in [0.29, 0.717) is 10.6 Å². The van der Waals surface area contributed by atoms with Gasteiger partial charge in [0.1, 0.15) is 11.9 Å². The molecule has 1 aliphatic heterocycles. The lowest BCUT2D eigenvalue weighted by Gasteiger charge is -2.15. The van der Waals surface area contributed by atoms with Gasteiger partial charge in [-0.25, -0.2) is 0 Å². The van der Waals surface area contributed by atoms with Gasteiger partial charge in [-0.05, 0) is 31.9 Å². The molecule has 1 aliphatic rings. The normalized spacial score (nSPS) is 14.8. The molecular formula is C18H22ClN5O2. The highest BCUT2D eigenvalue weighted by atomic mass is 35.5. The number of aryl methyl sites for hydroxylation is 1. The predicted octanol–water partition coefficient (Wildman–Crippen LogP) is 2.09. The molecule has 2 amide bonds. The van der Waals surface area contributed by atoms with Crippen LogP contribution in [0.15, 0.2) is 24.3 Å². The van der Waals surface area contributed by atoms with Crippen LogP contribution in [0.25, 0.3) is 0 Å². The molecule has 8 heteroatoms. The summed E-state index contributed by atoms with van der Waals surface area (Å²) in [4.78, 5) is 24.6. The van der Waals surface area contributed by atoms with Gasteiger partial charge in [0.25, 0.3) is 5.91 Å². The fourth-order valence-corrected chi connectivity index (χ4v) is 3.20. The summed E-state index contributed by atoms with van der Waals surface area (Å²) in [6, 6.07) is 6.04. The molecule has 1 unspecified atom stereocenters. The highest BCUT2D eigenvalue weighted by Crippen LogP contribution is 2.15. The van der Waals surface area contributed by atoms with Crippen molar-refractivity contribution < 1.29 is 9.59 Å². The average molecular weight is 376 g/mol. The zero-order valence-corrected chi connectivity index (χ0v) is 15.4. The van der Waals surface area contributed by atoms with E-state index in [1.54, 1.807) is 31.2 Å². The molecule has 2 N–H and O–H groups in total. The van der Waals surface area contributed by atoms with Crippen LogP contribution in [0.4, 0.5) is 0 Å². The molecule has 26 heavy (non-hydrogen) atoms. The Morgan fingerprint density at radius 3 is 2.85 bits per heavy atom. The summed E-state index contributed by atoms with van der Waals surface area (Å²) < 4.78 is 2.08. The number of halogens is 1. The van der Waals surface area contributed by atoms with Crippen LogP contribution in [0.3, 0.4) is 0 Å². The lowest BCUT2D eigenvalue weighted by molar-refractivity contribution is -0.122. The van der Waals surface area contributed by atoms with E-state index in [2.05, 4.69) is 25.4 Å². The van der Waals surface area contributed by atoms with Crippen LogP contribution in [-0.4, -0.2) is 32.6 Å². The number of hydrogen-bond donors (Lipinski definition) is 2. The highest BCUT2D eigenvalue weighted by molar-refractivity contribution is 6.33. The second kappa shape index (κ2) is 8.31. The summed E-state index contributed by atoms with van der Waals surface area (Å²) in [7, 11) is 0. The molecule has 3 rings (SSSR count). The Bertz CT molecular complexity index is 805. The Morgan fingerprint density at radius 2 is 2.04 bits per heavy atom. The smallest absolute Gasteiger partial charge is 0.253 e. The number of nitrogens with zero attached hydrogens (tertiary/aromatic N) is 3. The molecule has 0 bridgehead atoms. The average Bonchev–Trinajstić information content (AvgIpc) is 2.86. The van der Waals surface area contributed by atoms with E-state index in [4.69, 9.17) is 11.6 Å². The van der Waals surface area contributed by atoms with Gasteiger partial charge >= 0.3 is 0 Å². The van der Waals surface area contributed by atoms with E-state index >= 15 is 0 Å². The molecule has 0 radical (unpaired) electrons. The van der Waals surface area contributed by atoms with Crippen molar-refractivity contribution in [1.82, 2.24) is 25.4 Å². The Morgan fingerprint density at radius 1 is 1.23 bits per heavy atom. The first-order chi connectivity index (χ1) is 12.6. The maximum atomic E-state index is 12.3. The number of aromatic nitrogens is 3. The van der Waals surface area contributed by atoms with Gasteiger partial charge in [-0.2, -0.15) is 0 Å².